The molecule has 0 radical (unpaired) electrons. The quantitative estimate of drug-likeness (QED) is 0.863. The SMILES string of the molecule is CN(C)c1nc(N)c(C(=O)NCCc2ccncc2)s1. The van der Waals surface area contributed by atoms with Crippen LogP contribution in [-0.2, 0) is 6.42 Å². The fourth-order valence-corrected chi connectivity index (χ4v) is 2.45. The number of carbonyl (C=O) groups excluding carboxylic acids is 1. The first kappa shape index (κ1) is 14.3. The third-order valence-electron chi connectivity index (χ3n) is 2.68. The van der Waals surface area contributed by atoms with E-state index in [0.29, 0.717) is 11.4 Å². The minimum atomic E-state index is -0.179. The molecule has 2 rings (SSSR count). The van der Waals surface area contributed by atoms with Gasteiger partial charge < -0.3 is 16.0 Å². The van der Waals surface area contributed by atoms with Gasteiger partial charge in [0.15, 0.2) is 5.13 Å². The Bertz CT molecular complexity index is 582. The summed E-state index contributed by atoms with van der Waals surface area (Å²) >= 11 is 1.29. The Morgan fingerprint density at radius 1 is 1.40 bits per heavy atom. The lowest BCUT2D eigenvalue weighted by molar-refractivity contribution is 0.0959. The number of nitrogen functional groups attached to an aromatic ring is 1. The molecule has 7 heteroatoms. The molecular weight excluding hydrogens is 274 g/mol. The Morgan fingerprint density at radius 2 is 2.10 bits per heavy atom. The van der Waals surface area contributed by atoms with E-state index in [-0.39, 0.29) is 11.7 Å². The summed E-state index contributed by atoms with van der Waals surface area (Å²) in [4.78, 5) is 22.4. The first-order valence-corrected chi connectivity index (χ1v) is 7.00. The van der Waals surface area contributed by atoms with Gasteiger partial charge in [0.05, 0.1) is 0 Å². The van der Waals surface area contributed by atoms with E-state index in [2.05, 4.69) is 15.3 Å². The molecule has 1 amide bonds. The van der Waals surface area contributed by atoms with E-state index in [4.69, 9.17) is 5.73 Å². The van der Waals surface area contributed by atoms with Crippen LogP contribution in [0.5, 0.6) is 0 Å². The highest BCUT2D eigenvalue weighted by Gasteiger charge is 2.16. The van der Waals surface area contributed by atoms with E-state index >= 15 is 0 Å². The Morgan fingerprint density at radius 3 is 2.70 bits per heavy atom. The molecule has 0 fully saturated rings. The largest absolute Gasteiger partial charge is 0.382 e. The van der Waals surface area contributed by atoms with Crippen molar-refractivity contribution in [3.63, 3.8) is 0 Å². The number of hydrogen-bond acceptors (Lipinski definition) is 6. The molecule has 0 atom stereocenters. The van der Waals surface area contributed by atoms with Crippen molar-refractivity contribution < 1.29 is 4.79 Å². The van der Waals surface area contributed by atoms with Gasteiger partial charge in [-0.2, -0.15) is 0 Å². The summed E-state index contributed by atoms with van der Waals surface area (Å²) in [6.07, 6.45) is 4.23. The van der Waals surface area contributed by atoms with Crippen molar-refractivity contribution in [2.45, 2.75) is 6.42 Å². The molecule has 2 heterocycles. The van der Waals surface area contributed by atoms with Crippen molar-refractivity contribution in [2.24, 2.45) is 0 Å². The molecule has 0 aliphatic heterocycles. The number of pyridine rings is 1. The van der Waals surface area contributed by atoms with Gasteiger partial charge in [-0.3, -0.25) is 9.78 Å². The maximum Gasteiger partial charge on any atom is 0.265 e. The average molecular weight is 291 g/mol. The number of thiazole rings is 1. The maximum absolute atomic E-state index is 12.0. The second kappa shape index (κ2) is 6.33. The van der Waals surface area contributed by atoms with Crippen LogP contribution in [0.4, 0.5) is 10.9 Å². The molecule has 0 aliphatic carbocycles. The zero-order chi connectivity index (χ0) is 14.5. The molecule has 20 heavy (non-hydrogen) atoms. The van der Waals surface area contributed by atoms with Crippen LogP contribution in [0.15, 0.2) is 24.5 Å². The number of aromatic nitrogens is 2. The number of anilines is 2. The van der Waals surface area contributed by atoms with Crippen molar-refractivity contribution in [1.29, 1.82) is 0 Å². The first-order valence-electron chi connectivity index (χ1n) is 6.18. The van der Waals surface area contributed by atoms with Crippen molar-refractivity contribution >= 4 is 28.2 Å². The molecule has 0 unspecified atom stereocenters. The number of hydrogen-bond donors (Lipinski definition) is 2. The van der Waals surface area contributed by atoms with Crippen LogP contribution in [0.3, 0.4) is 0 Å². The Labute approximate surface area is 121 Å². The van der Waals surface area contributed by atoms with E-state index in [9.17, 15) is 4.79 Å². The molecule has 0 saturated heterocycles. The number of amides is 1. The van der Waals surface area contributed by atoms with Crippen LogP contribution in [-0.4, -0.2) is 36.5 Å². The molecule has 0 saturated carbocycles. The van der Waals surface area contributed by atoms with E-state index in [1.165, 1.54) is 11.3 Å². The van der Waals surface area contributed by atoms with Gasteiger partial charge in [0, 0.05) is 33.0 Å². The summed E-state index contributed by atoms with van der Waals surface area (Å²) < 4.78 is 0. The monoisotopic (exact) mass is 291 g/mol. The normalized spacial score (nSPS) is 10.3. The van der Waals surface area contributed by atoms with Crippen LogP contribution < -0.4 is 16.0 Å². The molecule has 106 valence electrons. The zero-order valence-corrected chi connectivity index (χ0v) is 12.3. The van der Waals surface area contributed by atoms with Gasteiger partial charge in [-0.15, -0.1) is 0 Å². The summed E-state index contributed by atoms with van der Waals surface area (Å²) in [5.74, 6) is 0.0993. The number of nitrogens with two attached hydrogens (primary N) is 1. The van der Waals surface area contributed by atoms with Gasteiger partial charge in [0.2, 0.25) is 0 Å². The number of carbonyl (C=O) groups is 1. The Kier molecular flexibility index (Phi) is 4.52. The number of rotatable bonds is 5. The molecule has 2 aromatic rings. The van der Waals surface area contributed by atoms with Gasteiger partial charge in [0.25, 0.3) is 5.91 Å². The lowest BCUT2D eigenvalue weighted by Gasteiger charge is -2.05. The van der Waals surface area contributed by atoms with E-state index in [1.54, 1.807) is 12.4 Å². The van der Waals surface area contributed by atoms with Crippen molar-refractivity contribution in [2.75, 3.05) is 31.3 Å². The standard InChI is InChI=1S/C13H17N5OS/c1-18(2)13-17-11(14)10(20-13)12(19)16-8-5-9-3-6-15-7-4-9/h3-4,6-7H,5,8,14H2,1-2H3,(H,16,19). The molecule has 6 nitrogen and oxygen atoms in total. The fourth-order valence-electron chi connectivity index (χ4n) is 1.62. The maximum atomic E-state index is 12.0. The van der Waals surface area contributed by atoms with Crippen LogP contribution in [0.2, 0.25) is 0 Å². The Hall–Kier alpha value is -2.15. The number of nitrogens with one attached hydrogen (secondary N) is 1. The summed E-state index contributed by atoms with van der Waals surface area (Å²) in [5, 5.41) is 3.58. The molecule has 0 aliphatic rings. The lowest BCUT2D eigenvalue weighted by Crippen LogP contribution is -2.25. The molecule has 0 aromatic carbocycles. The second-order valence-corrected chi connectivity index (χ2v) is 5.44. The Balaban J connectivity index is 1.92. The predicted octanol–water partition coefficient (Wildman–Crippen LogP) is 1.16. The third-order valence-corrected chi connectivity index (χ3v) is 3.92. The van der Waals surface area contributed by atoms with E-state index < -0.39 is 0 Å². The highest BCUT2D eigenvalue weighted by molar-refractivity contribution is 7.18. The van der Waals surface area contributed by atoms with E-state index in [0.717, 1.165) is 17.1 Å². The third kappa shape index (κ3) is 3.45. The molecule has 0 bridgehead atoms. The van der Waals surface area contributed by atoms with Gasteiger partial charge in [0.1, 0.15) is 10.7 Å². The van der Waals surface area contributed by atoms with Gasteiger partial charge in [-0.1, -0.05) is 11.3 Å². The van der Waals surface area contributed by atoms with Crippen molar-refractivity contribution in [1.82, 2.24) is 15.3 Å². The summed E-state index contributed by atoms with van der Waals surface area (Å²) in [7, 11) is 3.73. The van der Waals surface area contributed by atoms with Crippen LogP contribution in [0.25, 0.3) is 0 Å². The lowest BCUT2D eigenvalue weighted by atomic mass is 10.2. The fraction of sp³-hybridized carbons (Fsp3) is 0.308. The molecule has 3 N–H and O–H groups in total. The van der Waals surface area contributed by atoms with Gasteiger partial charge in [-0.05, 0) is 24.1 Å². The summed E-state index contributed by atoms with van der Waals surface area (Å²) in [5.41, 5.74) is 6.90. The van der Waals surface area contributed by atoms with Crippen LogP contribution in [0.1, 0.15) is 15.2 Å². The van der Waals surface area contributed by atoms with Crippen molar-refractivity contribution in [3.05, 3.63) is 35.0 Å². The topological polar surface area (TPSA) is 84.1 Å². The smallest absolute Gasteiger partial charge is 0.265 e. The molecule has 0 spiro atoms. The van der Waals surface area contributed by atoms with Gasteiger partial charge >= 0.3 is 0 Å². The highest BCUT2D eigenvalue weighted by Crippen LogP contribution is 2.26. The molecule has 2 aromatic heterocycles. The minimum Gasteiger partial charge on any atom is -0.382 e. The second-order valence-electron chi connectivity index (χ2n) is 4.47. The summed E-state index contributed by atoms with van der Waals surface area (Å²) in [6.45, 7) is 0.553. The van der Waals surface area contributed by atoms with E-state index in [1.807, 2.05) is 31.1 Å². The van der Waals surface area contributed by atoms with Gasteiger partial charge in [-0.25, -0.2) is 4.98 Å². The highest BCUT2D eigenvalue weighted by atomic mass is 32.1. The first-order chi connectivity index (χ1) is 9.58. The van der Waals surface area contributed by atoms with Crippen LogP contribution >= 0.6 is 11.3 Å². The van der Waals surface area contributed by atoms with Crippen LogP contribution in [0, 0.1) is 0 Å². The molecular formula is C13H17N5OS. The summed E-state index contributed by atoms with van der Waals surface area (Å²) in [6, 6.07) is 3.86. The number of nitrogens with zero attached hydrogens (tertiary/aromatic N) is 3. The predicted molar refractivity (Wildman–Crippen MR) is 81.1 cm³/mol. The zero-order valence-electron chi connectivity index (χ0n) is 11.5. The van der Waals surface area contributed by atoms with Crippen molar-refractivity contribution in [3.8, 4) is 0 Å². The minimum absolute atomic E-state index is 0.179. The average Bonchev–Trinajstić information content (AvgIpc) is 2.82.